The number of carbonyl (C=O) groups is 1. The molecule has 0 bridgehead atoms. The molecule has 3 aromatic carbocycles. The first-order valence-electron chi connectivity index (χ1n) is 11.3. The number of hydrogen-bond acceptors (Lipinski definition) is 4. The maximum Gasteiger partial charge on any atom is 0.416 e. The number of para-hydroxylation sites is 1. The SMILES string of the molecule is CC1=C(C(=O)Nc2ccccc2)C(c2ccccc2)n2c(s/c(=C/c3ccc(C(F)(F)F)cc3)c2=O)=N1. The zero-order valence-corrected chi connectivity index (χ0v) is 20.3. The number of alkyl halides is 3. The third-order valence-electron chi connectivity index (χ3n) is 5.95. The Kier molecular flexibility index (Phi) is 6.39. The number of nitrogens with one attached hydrogen (secondary N) is 1. The van der Waals surface area contributed by atoms with Crippen LogP contribution in [0.15, 0.2) is 106 Å². The average Bonchev–Trinajstić information content (AvgIpc) is 3.18. The highest BCUT2D eigenvalue weighted by molar-refractivity contribution is 7.07. The Balaban J connectivity index is 1.62. The van der Waals surface area contributed by atoms with Gasteiger partial charge in [-0.25, -0.2) is 4.99 Å². The Hall–Kier alpha value is -4.24. The van der Waals surface area contributed by atoms with Gasteiger partial charge in [0.2, 0.25) is 0 Å². The summed E-state index contributed by atoms with van der Waals surface area (Å²) in [6.45, 7) is 1.72. The van der Waals surface area contributed by atoms with E-state index in [1.165, 1.54) is 22.8 Å². The summed E-state index contributed by atoms with van der Waals surface area (Å²) in [5.74, 6) is -0.377. The van der Waals surface area contributed by atoms with Crippen LogP contribution in [0.2, 0.25) is 0 Å². The molecule has 4 aromatic rings. The normalized spacial score (nSPS) is 15.8. The molecule has 0 saturated heterocycles. The number of carbonyl (C=O) groups excluding carboxylic acids is 1. The highest BCUT2D eigenvalue weighted by atomic mass is 32.1. The second kappa shape index (κ2) is 9.67. The van der Waals surface area contributed by atoms with Crippen LogP contribution < -0.4 is 20.2 Å². The summed E-state index contributed by atoms with van der Waals surface area (Å²) in [7, 11) is 0. The van der Waals surface area contributed by atoms with E-state index in [0.29, 0.717) is 31.9 Å². The molecule has 5 nitrogen and oxygen atoms in total. The van der Waals surface area contributed by atoms with Crippen LogP contribution >= 0.6 is 11.3 Å². The molecule has 1 amide bonds. The molecule has 5 rings (SSSR count). The molecule has 0 saturated carbocycles. The van der Waals surface area contributed by atoms with Crippen LogP contribution in [0.4, 0.5) is 18.9 Å². The smallest absolute Gasteiger partial charge is 0.322 e. The minimum Gasteiger partial charge on any atom is -0.322 e. The van der Waals surface area contributed by atoms with Gasteiger partial charge in [0.05, 0.1) is 27.4 Å². The quantitative estimate of drug-likeness (QED) is 0.417. The highest BCUT2D eigenvalue weighted by Crippen LogP contribution is 2.31. The number of benzene rings is 3. The second-order valence-electron chi connectivity index (χ2n) is 8.43. The predicted molar refractivity (Wildman–Crippen MR) is 137 cm³/mol. The van der Waals surface area contributed by atoms with E-state index < -0.39 is 17.8 Å². The van der Waals surface area contributed by atoms with Gasteiger partial charge in [-0.15, -0.1) is 0 Å². The lowest BCUT2D eigenvalue weighted by Gasteiger charge is -2.25. The van der Waals surface area contributed by atoms with E-state index in [0.717, 1.165) is 29.0 Å². The Bertz CT molecular complexity index is 1670. The van der Waals surface area contributed by atoms with Gasteiger partial charge in [-0.2, -0.15) is 13.2 Å². The van der Waals surface area contributed by atoms with Crippen LogP contribution in [0.1, 0.15) is 29.7 Å². The van der Waals surface area contributed by atoms with Crippen LogP contribution in [-0.4, -0.2) is 10.5 Å². The van der Waals surface area contributed by atoms with Gasteiger partial charge in [0, 0.05) is 5.69 Å². The number of amides is 1. The number of halogens is 3. The number of fused-ring (bicyclic) bond motifs is 1. The maximum atomic E-state index is 13.6. The molecule has 2 heterocycles. The summed E-state index contributed by atoms with van der Waals surface area (Å²) in [5.41, 5.74) is 1.46. The lowest BCUT2D eigenvalue weighted by molar-refractivity contribution is -0.137. The standard InChI is InChI=1S/C28H20F3N3O2S/c1-17-23(25(35)33-21-10-6-3-7-11-21)24(19-8-4-2-5-9-19)34-26(36)22(37-27(34)32-17)16-18-12-14-20(15-13-18)28(29,30)31/h2-16,24H,1H3,(H,33,35)/b22-16+. The van der Waals surface area contributed by atoms with E-state index in [4.69, 9.17) is 0 Å². The van der Waals surface area contributed by atoms with Crippen LogP contribution in [0.3, 0.4) is 0 Å². The van der Waals surface area contributed by atoms with Gasteiger partial charge in [0.1, 0.15) is 0 Å². The van der Waals surface area contributed by atoms with Crippen molar-refractivity contribution >= 4 is 29.0 Å². The summed E-state index contributed by atoms with van der Waals surface area (Å²) in [4.78, 5) is 32.0. The number of thiazole rings is 1. The third kappa shape index (κ3) is 4.90. The Morgan fingerprint density at radius 3 is 2.22 bits per heavy atom. The molecule has 1 aliphatic rings. The van der Waals surface area contributed by atoms with Crippen LogP contribution in [0.25, 0.3) is 6.08 Å². The van der Waals surface area contributed by atoms with Gasteiger partial charge in [-0.1, -0.05) is 72.0 Å². The zero-order chi connectivity index (χ0) is 26.2. The monoisotopic (exact) mass is 519 g/mol. The average molecular weight is 520 g/mol. The van der Waals surface area contributed by atoms with Crippen molar-refractivity contribution in [2.45, 2.75) is 19.1 Å². The number of allylic oxidation sites excluding steroid dienone is 1. The fraction of sp³-hybridized carbons (Fsp3) is 0.107. The van der Waals surface area contributed by atoms with Crippen molar-refractivity contribution in [3.05, 3.63) is 133 Å². The molecule has 186 valence electrons. The largest absolute Gasteiger partial charge is 0.416 e. The van der Waals surface area contributed by atoms with E-state index in [2.05, 4.69) is 10.3 Å². The molecule has 1 N–H and O–H groups in total. The van der Waals surface area contributed by atoms with E-state index >= 15 is 0 Å². The first-order valence-corrected chi connectivity index (χ1v) is 12.2. The minimum absolute atomic E-state index is 0.303. The van der Waals surface area contributed by atoms with Gasteiger partial charge in [0.15, 0.2) is 4.80 Å². The first-order chi connectivity index (χ1) is 17.7. The molecule has 1 aromatic heterocycles. The molecule has 0 fully saturated rings. The summed E-state index contributed by atoms with van der Waals surface area (Å²) in [5, 5.41) is 2.89. The number of aromatic nitrogens is 1. The second-order valence-corrected chi connectivity index (χ2v) is 9.44. The molecule has 1 aliphatic heterocycles. The first kappa shape index (κ1) is 24.5. The van der Waals surface area contributed by atoms with E-state index in [9.17, 15) is 22.8 Å². The van der Waals surface area contributed by atoms with Gasteiger partial charge < -0.3 is 5.32 Å². The topological polar surface area (TPSA) is 63.5 Å². The summed E-state index contributed by atoms with van der Waals surface area (Å²) in [6, 6.07) is 22.0. The van der Waals surface area contributed by atoms with Gasteiger partial charge in [0.25, 0.3) is 11.5 Å². The molecule has 9 heteroatoms. The number of nitrogens with zero attached hydrogens (tertiary/aromatic N) is 2. The lowest BCUT2D eigenvalue weighted by atomic mass is 9.95. The maximum absolute atomic E-state index is 13.6. The molecule has 1 unspecified atom stereocenters. The van der Waals surface area contributed by atoms with Crippen molar-refractivity contribution < 1.29 is 18.0 Å². The fourth-order valence-corrected chi connectivity index (χ4v) is 5.25. The predicted octanol–water partition coefficient (Wildman–Crippen LogP) is 4.89. The molecular weight excluding hydrogens is 499 g/mol. The van der Waals surface area contributed by atoms with E-state index in [1.54, 1.807) is 19.1 Å². The summed E-state index contributed by atoms with van der Waals surface area (Å²) >= 11 is 1.13. The zero-order valence-electron chi connectivity index (χ0n) is 19.5. The molecule has 0 radical (unpaired) electrons. The lowest BCUT2D eigenvalue weighted by Crippen LogP contribution is -2.40. The highest BCUT2D eigenvalue weighted by Gasteiger charge is 2.32. The number of rotatable bonds is 4. The van der Waals surface area contributed by atoms with Crippen LogP contribution in [0.5, 0.6) is 0 Å². The van der Waals surface area contributed by atoms with Gasteiger partial charge in [-0.05, 0) is 48.4 Å². The van der Waals surface area contributed by atoms with E-state index in [-0.39, 0.29) is 11.5 Å². The van der Waals surface area contributed by atoms with E-state index in [1.807, 2.05) is 48.5 Å². The summed E-state index contributed by atoms with van der Waals surface area (Å²) < 4.78 is 40.6. The molecule has 37 heavy (non-hydrogen) atoms. The summed E-state index contributed by atoms with van der Waals surface area (Å²) in [6.07, 6.45) is -2.91. The van der Waals surface area contributed by atoms with Crippen molar-refractivity contribution in [2.75, 3.05) is 5.32 Å². The van der Waals surface area contributed by atoms with Gasteiger partial charge in [-0.3, -0.25) is 14.2 Å². The number of hydrogen-bond donors (Lipinski definition) is 1. The van der Waals surface area contributed by atoms with Crippen molar-refractivity contribution in [1.82, 2.24) is 4.57 Å². The minimum atomic E-state index is -4.44. The Morgan fingerprint density at radius 1 is 0.973 bits per heavy atom. The Labute approximate surface area is 213 Å². The van der Waals surface area contributed by atoms with Crippen molar-refractivity contribution in [2.24, 2.45) is 4.99 Å². The molecule has 0 spiro atoms. The van der Waals surface area contributed by atoms with Crippen molar-refractivity contribution in [3.63, 3.8) is 0 Å². The van der Waals surface area contributed by atoms with Gasteiger partial charge >= 0.3 is 6.18 Å². The van der Waals surface area contributed by atoms with Crippen LogP contribution in [0, 0.1) is 0 Å². The molecule has 1 atom stereocenters. The van der Waals surface area contributed by atoms with Crippen molar-refractivity contribution in [1.29, 1.82) is 0 Å². The molecule has 0 aliphatic carbocycles. The fourth-order valence-electron chi connectivity index (χ4n) is 4.20. The van der Waals surface area contributed by atoms with Crippen LogP contribution in [-0.2, 0) is 11.0 Å². The molecular formula is C28H20F3N3O2S. The Morgan fingerprint density at radius 2 is 1.59 bits per heavy atom. The number of anilines is 1. The van der Waals surface area contributed by atoms with Crippen molar-refractivity contribution in [3.8, 4) is 0 Å². The third-order valence-corrected chi connectivity index (χ3v) is 6.93.